The van der Waals surface area contributed by atoms with Crippen LogP contribution in [0.15, 0.2) is 261 Å². The van der Waals surface area contributed by atoms with E-state index in [1.165, 1.54) is 98.7 Å². The third-order valence-corrected chi connectivity index (χ3v) is 13.0. The fraction of sp³-hybridized carbons (Fsp3) is 0. The van der Waals surface area contributed by atoms with Crippen LogP contribution < -0.4 is 4.90 Å². The predicted octanol–water partition coefficient (Wildman–Crippen LogP) is 18.1. The lowest BCUT2D eigenvalue weighted by Gasteiger charge is -2.25. The number of rotatable bonds is 8. The first kappa shape index (κ1) is 38.2. The van der Waals surface area contributed by atoms with Crippen LogP contribution in [0.2, 0.25) is 0 Å². The Morgan fingerprint density at radius 2 is 0.677 bits per heavy atom. The molecule has 12 rings (SSSR count). The molecular formula is C64H43N. The molecule has 0 amide bonds. The molecule has 0 saturated carbocycles. The first-order chi connectivity index (χ1) is 32.3. The molecule has 0 saturated heterocycles. The van der Waals surface area contributed by atoms with Crippen LogP contribution >= 0.6 is 0 Å². The summed E-state index contributed by atoms with van der Waals surface area (Å²) >= 11 is 0. The highest BCUT2D eigenvalue weighted by atomic mass is 15.1. The fourth-order valence-electron chi connectivity index (χ4n) is 10.0. The Bertz CT molecular complexity index is 3610. The Hall–Kier alpha value is -8.52. The van der Waals surface area contributed by atoms with Gasteiger partial charge >= 0.3 is 0 Å². The van der Waals surface area contributed by atoms with Gasteiger partial charge < -0.3 is 4.90 Å². The van der Waals surface area contributed by atoms with Gasteiger partial charge in [-0.2, -0.15) is 0 Å². The minimum Gasteiger partial charge on any atom is -0.311 e. The van der Waals surface area contributed by atoms with Crippen molar-refractivity contribution in [1.82, 2.24) is 0 Å². The van der Waals surface area contributed by atoms with E-state index in [4.69, 9.17) is 0 Å². The summed E-state index contributed by atoms with van der Waals surface area (Å²) in [6.07, 6.45) is 0. The number of nitrogens with zero attached hydrogens (tertiary/aromatic N) is 1. The molecule has 12 aromatic rings. The highest BCUT2D eigenvalue weighted by Crippen LogP contribution is 2.50. The molecule has 0 spiro atoms. The molecule has 0 bridgehead atoms. The largest absolute Gasteiger partial charge is 0.311 e. The van der Waals surface area contributed by atoms with Gasteiger partial charge in [0.2, 0.25) is 0 Å². The van der Waals surface area contributed by atoms with E-state index in [0.717, 1.165) is 17.1 Å². The summed E-state index contributed by atoms with van der Waals surface area (Å²) in [6.45, 7) is 0. The zero-order valence-corrected chi connectivity index (χ0v) is 35.8. The van der Waals surface area contributed by atoms with Crippen molar-refractivity contribution in [2.45, 2.75) is 0 Å². The maximum absolute atomic E-state index is 2.45. The molecule has 304 valence electrons. The van der Waals surface area contributed by atoms with Crippen LogP contribution in [-0.2, 0) is 0 Å². The van der Waals surface area contributed by atoms with Crippen LogP contribution in [0.25, 0.3) is 98.7 Å². The van der Waals surface area contributed by atoms with E-state index < -0.39 is 0 Å². The summed E-state index contributed by atoms with van der Waals surface area (Å²) in [4.78, 5) is 2.31. The molecule has 0 N–H and O–H groups in total. The van der Waals surface area contributed by atoms with Crippen molar-refractivity contribution in [2.24, 2.45) is 0 Å². The minimum atomic E-state index is 1.11. The molecule has 0 unspecified atom stereocenters. The summed E-state index contributed by atoms with van der Waals surface area (Å²) in [7, 11) is 0. The topological polar surface area (TPSA) is 3.24 Å². The Kier molecular flexibility index (Phi) is 9.58. The van der Waals surface area contributed by atoms with Crippen LogP contribution in [0.1, 0.15) is 0 Å². The number of hydrogen-bond donors (Lipinski definition) is 0. The first-order valence-corrected chi connectivity index (χ1v) is 22.4. The highest BCUT2D eigenvalue weighted by molar-refractivity contribution is 6.33. The molecular weight excluding hydrogens is 783 g/mol. The zero-order valence-electron chi connectivity index (χ0n) is 35.8. The van der Waals surface area contributed by atoms with Gasteiger partial charge in [0.05, 0.1) is 0 Å². The van der Waals surface area contributed by atoms with E-state index in [2.05, 4.69) is 266 Å². The second kappa shape index (κ2) is 16.3. The molecule has 0 aliphatic carbocycles. The molecule has 1 nitrogen and oxygen atoms in total. The zero-order chi connectivity index (χ0) is 43.1. The average molecular weight is 826 g/mol. The van der Waals surface area contributed by atoms with Crippen molar-refractivity contribution in [3.63, 3.8) is 0 Å². The summed E-state index contributed by atoms with van der Waals surface area (Å²) in [5.41, 5.74) is 15.5. The Morgan fingerprint density at radius 3 is 1.34 bits per heavy atom. The summed E-state index contributed by atoms with van der Waals surface area (Å²) in [5.74, 6) is 0. The van der Waals surface area contributed by atoms with Crippen molar-refractivity contribution in [3.05, 3.63) is 261 Å². The summed E-state index contributed by atoms with van der Waals surface area (Å²) in [6, 6.07) is 95.2. The van der Waals surface area contributed by atoms with E-state index in [0.29, 0.717) is 0 Å². The average Bonchev–Trinajstić information content (AvgIpc) is 3.39. The molecule has 0 aliphatic heterocycles. The number of para-hydroxylation sites is 2. The van der Waals surface area contributed by atoms with Gasteiger partial charge in [-0.05, 0) is 147 Å². The molecule has 0 aromatic heterocycles. The molecule has 0 fully saturated rings. The number of fused-ring (bicyclic) bond motifs is 7. The second-order valence-corrected chi connectivity index (χ2v) is 16.8. The Balaban J connectivity index is 1.08. The van der Waals surface area contributed by atoms with Gasteiger partial charge in [-0.3, -0.25) is 0 Å². The predicted molar refractivity (Wildman–Crippen MR) is 278 cm³/mol. The van der Waals surface area contributed by atoms with Crippen molar-refractivity contribution in [3.8, 4) is 55.6 Å². The van der Waals surface area contributed by atoms with Crippen LogP contribution in [0.3, 0.4) is 0 Å². The fourth-order valence-corrected chi connectivity index (χ4v) is 10.0. The minimum absolute atomic E-state index is 1.11. The van der Waals surface area contributed by atoms with E-state index in [1.807, 2.05) is 0 Å². The van der Waals surface area contributed by atoms with Gasteiger partial charge in [-0.15, -0.1) is 0 Å². The second-order valence-electron chi connectivity index (χ2n) is 16.8. The quantitative estimate of drug-likeness (QED) is 0.138. The van der Waals surface area contributed by atoms with Crippen LogP contribution in [-0.4, -0.2) is 0 Å². The molecule has 0 heterocycles. The molecule has 0 aliphatic rings. The molecule has 0 atom stereocenters. The van der Waals surface area contributed by atoms with Crippen molar-refractivity contribution < 1.29 is 0 Å². The molecule has 65 heavy (non-hydrogen) atoms. The Labute approximate surface area is 379 Å². The Morgan fingerprint density at radius 1 is 0.215 bits per heavy atom. The standard InChI is InChI=1S/C64H43N/c1-5-18-46(19-6-1)59-43-60(47-20-7-2-8-21-47)63-58-41-38-50(44-36-39-53(40-37-44)65(51-24-9-3-10-25-51)52-26-11-4-12-27-52)42-61(58)56-29-15-16-30-57(56)64(63)62(59)49-34-32-48(33-35-49)55-31-17-23-45-22-13-14-28-54(45)55/h1-43H. The van der Waals surface area contributed by atoms with Gasteiger partial charge in [-0.25, -0.2) is 0 Å². The molecule has 1 heteroatoms. The van der Waals surface area contributed by atoms with Crippen LogP contribution in [0.4, 0.5) is 17.1 Å². The normalized spacial score (nSPS) is 11.4. The van der Waals surface area contributed by atoms with Crippen molar-refractivity contribution in [1.29, 1.82) is 0 Å². The number of anilines is 3. The highest BCUT2D eigenvalue weighted by Gasteiger charge is 2.22. The monoisotopic (exact) mass is 825 g/mol. The van der Waals surface area contributed by atoms with Crippen LogP contribution in [0.5, 0.6) is 0 Å². The maximum atomic E-state index is 2.45. The van der Waals surface area contributed by atoms with Gasteiger partial charge in [0, 0.05) is 17.1 Å². The number of hydrogen-bond acceptors (Lipinski definition) is 1. The number of benzene rings is 12. The SMILES string of the molecule is c1ccc(-c2cc(-c3ccccc3)c3c4ccc(-c5ccc(N(c6ccccc6)c6ccccc6)cc5)cc4c4ccccc4c3c2-c2ccc(-c3cccc4ccccc34)cc2)cc1. The maximum Gasteiger partial charge on any atom is 0.0462 e. The van der Waals surface area contributed by atoms with Gasteiger partial charge in [-0.1, -0.05) is 212 Å². The molecule has 12 aromatic carbocycles. The van der Waals surface area contributed by atoms with E-state index in [1.54, 1.807) is 0 Å². The van der Waals surface area contributed by atoms with Gasteiger partial charge in [0.1, 0.15) is 0 Å². The molecule has 0 radical (unpaired) electrons. The third-order valence-electron chi connectivity index (χ3n) is 13.0. The van der Waals surface area contributed by atoms with E-state index in [9.17, 15) is 0 Å². The smallest absolute Gasteiger partial charge is 0.0462 e. The van der Waals surface area contributed by atoms with Crippen molar-refractivity contribution in [2.75, 3.05) is 4.90 Å². The van der Waals surface area contributed by atoms with Gasteiger partial charge in [0.15, 0.2) is 0 Å². The van der Waals surface area contributed by atoms with Crippen LogP contribution in [0, 0.1) is 0 Å². The lowest BCUT2D eigenvalue weighted by Crippen LogP contribution is -2.09. The van der Waals surface area contributed by atoms with Gasteiger partial charge in [0.25, 0.3) is 0 Å². The van der Waals surface area contributed by atoms with Crippen molar-refractivity contribution >= 4 is 60.2 Å². The third kappa shape index (κ3) is 6.82. The lowest BCUT2D eigenvalue weighted by atomic mass is 9.81. The summed E-state index contributed by atoms with van der Waals surface area (Å²) < 4.78 is 0. The van der Waals surface area contributed by atoms with E-state index >= 15 is 0 Å². The lowest BCUT2D eigenvalue weighted by molar-refractivity contribution is 1.28. The first-order valence-electron chi connectivity index (χ1n) is 22.4. The summed E-state index contributed by atoms with van der Waals surface area (Å²) in [5, 5.41) is 10.0. The van der Waals surface area contributed by atoms with E-state index in [-0.39, 0.29) is 0 Å².